The predicted octanol–water partition coefficient (Wildman–Crippen LogP) is 7.23. The Kier molecular flexibility index (Phi) is 8.76. The van der Waals surface area contributed by atoms with Gasteiger partial charge in [0.1, 0.15) is 42.2 Å². The molecule has 6 nitrogen and oxygen atoms in total. The minimum absolute atomic E-state index is 0.00794. The number of ether oxygens (including phenoxy) is 3. The smallest absolute Gasteiger partial charge is 0.178 e. The summed E-state index contributed by atoms with van der Waals surface area (Å²) in [7, 11) is 1.60. The highest BCUT2D eigenvalue weighted by Crippen LogP contribution is 2.45. The normalized spacial score (nSPS) is 22.2. The Morgan fingerprint density at radius 2 is 1.71 bits per heavy atom. The minimum Gasteiger partial charge on any atom is -0.497 e. The van der Waals surface area contributed by atoms with E-state index in [4.69, 9.17) is 18.7 Å². The number of hydrogen-bond acceptors (Lipinski definition) is 6. The molecule has 2 aliphatic heterocycles. The number of carbonyl (C=O) groups excluding carboxylic acids is 1. The lowest BCUT2D eigenvalue weighted by Crippen LogP contribution is -2.35. The first-order valence-corrected chi connectivity index (χ1v) is 17.0. The summed E-state index contributed by atoms with van der Waals surface area (Å²) < 4.78 is 23.6. The third-order valence-electron chi connectivity index (χ3n) is 7.47. The fraction of sp³-hybridized carbons (Fsp3) is 0.367. The second kappa shape index (κ2) is 12.2. The minimum atomic E-state index is -0.505. The molecular formula is C30H33INO5P. The van der Waals surface area contributed by atoms with E-state index in [2.05, 4.69) is 40.8 Å². The van der Waals surface area contributed by atoms with Gasteiger partial charge in [0, 0.05) is 12.6 Å². The lowest BCUT2D eigenvalue weighted by Gasteiger charge is -2.33. The van der Waals surface area contributed by atoms with Gasteiger partial charge in [0.25, 0.3) is 0 Å². The summed E-state index contributed by atoms with van der Waals surface area (Å²) in [5, 5.41) is 0. The maximum Gasteiger partial charge on any atom is 0.178 e. The van der Waals surface area contributed by atoms with Gasteiger partial charge in [0.2, 0.25) is 0 Å². The van der Waals surface area contributed by atoms with E-state index < -0.39 is 12.0 Å². The van der Waals surface area contributed by atoms with Gasteiger partial charge in [-0.1, -0.05) is 31.2 Å². The van der Waals surface area contributed by atoms with E-state index in [-0.39, 0.29) is 5.78 Å². The van der Waals surface area contributed by atoms with Crippen LogP contribution in [0.4, 0.5) is 0 Å². The molecule has 0 spiro atoms. The zero-order valence-corrected chi connectivity index (χ0v) is 25.0. The number of methoxy groups -OCH3 is 1. The first-order valence-electron chi connectivity index (χ1n) is 12.9. The predicted molar refractivity (Wildman–Crippen MR) is 160 cm³/mol. The van der Waals surface area contributed by atoms with Gasteiger partial charge < -0.3 is 18.7 Å². The molecule has 5 unspecified atom stereocenters. The molecule has 3 aromatic rings. The first-order chi connectivity index (χ1) is 18.5. The molecule has 8 heteroatoms. The maximum atomic E-state index is 13.9. The lowest BCUT2D eigenvalue weighted by molar-refractivity contribution is 0.0780. The SMILES string of the molecule is COc1ccc2c(c1)C(=O)C(c1ccc(OPI)cc1)C(c1ccc(OCC(C)N3CCC(C)C3)cc1)O2. The second-order valence-electron chi connectivity index (χ2n) is 10.1. The summed E-state index contributed by atoms with van der Waals surface area (Å²) in [5.41, 5.74) is 2.34. The topological polar surface area (TPSA) is 57.2 Å². The van der Waals surface area contributed by atoms with Crippen molar-refractivity contribution in [3.63, 3.8) is 0 Å². The zero-order chi connectivity index (χ0) is 26.6. The number of rotatable bonds is 9. The van der Waals surface area contributed by atoms with Gasteiger partial charge in [-0.05, 0) is 101 Å². The number of hydrogen-bond donors (Lipinski definition) is 0. The van der Waals surface area contributed by atoms with Gasteiger partial charge in [-0.25, -0.2) is 0 Å². The zero-order valence-electron chi connectivity index (χ0n) is 21.9. The Morgan fingerprint density at radius 1 is 1.03 bits per heavy atom. The summed E-state index contributed by atoms with van der Waals surface area (Å²) in [6, 6.07) is 21.4. The molecule has 0 aliphatic carbocycles. The fourth-order valence-corrected chi connectivity index (χ4v) is 6.25. The first kappa shape index (κ1) is 27.2. The number of halogens is 1. The Balaban J connectivity index is 1.38. The van der Waals surface area contributed by atoms with Crippen LogP contribution in [0, 0.1) is 5.92 Å². The Bertz CT molecular complexity index is 1250. The van der Waals surface area contributed by atoms with Crippen molar-refractivity contribution in [3.8, 4) is 23.0 Å². The van der Waals surface area contributed by atoms with E-state index >= 15 is 0 Å². The standard InChI is InChI=1S/C30H33INO5P/c1-19-14-15-32(17-19)20(2)18-35-23-8-6-22(7-9-23)30-28(21-4-10-24(11-5-21)37-38-31)29(33)26-16-25(34-3)12-13-27(26)36-30/h4-13,16,19-20,28,30,38H,14-15,17-18H2,1-3H3. The number of nitrogens with zero attached hydrogens (tertiary/aromatic N) is 1. The molecule has 1 saturated heterocycles. The third-order valence-corrected chi connectivity index (χ3v) is 8.44. The van der Waals surface area contributed by atoms with Crippen LogP contribution in [0.2, 0.25) is 0 Å². The quantitative estimate of drug-likeness (QED) is 0.181. The van der Waals surface area contributed by atoms with Crippen molar-refractivity contribution < 1.29 is 23.5 Å². The van der Waals surface area contributed by atoms with E-state index in [9.17, 15) is 4.79 Å². The number of fused-ring (bicyclic) bond motifs is 1. The average molecular weight is 645 g/mol. The molecule has 1 fully saturated rings. The number of benzene rings is 3. The Labute approximate surface area is 239 Å². The fourth-order valence-electron chi connectivity index (χ4n) is 5.26. The Morgan fingerprint density at radius 3 is 2.37 bits per heavy atom. The van der Waals surface area contributed by atoms with Crippen LogP contribution in [0.3, 0.4) is 0 Å². The summed E-state index contributed by atoms with van der Waals surface area (Å²) in [5.74, 6) is 3.05. The summed E-state index contributed by atoms with van der Waals surface area (Å²) >= 11 is 2.19. The van der Waals surface area contributed by atoms with E-state index in [0.717, 1.165) is 41.6 Å². The number of Topliss-reactive ketones (excluding diaryl/α,β-unsaturated/α-hetero) is 1. The molecule has 3 aromatic carbocycles. The molecule has 5 rings (SSSR count). The van der Waals surface area contributed by atoms with Crippen LogP contribution in [-0.2, 0) is 0 Å². The molecule has 2 aliphatic rings. The molecule has 5 atom stereocenters. The third kappa shape index (κ3) is 5.95. The van der Waals surface area contributed by atoms with Gasteiger partial charge in [0.05, 0.1) is 18.6 Å². The van der Waals surface area contributed by atoms with Crippen LogP contribution < -0.4 is 18.7 Å². The second-order valence-corrected chi connectivity index (χ2v) is 11.8. The molecule has 38 heavy (non-hydrogen) atoms. The van der Waals surface area contributed by atoms with Crippen LogP contribution in [0.15, 0.2) is 66.7 Å². The van der Waals surface area contributed by atoms with Crippen molar-refractivity contribution in [2.45, 2.75) is 38.3 Å². The van der Waals surface area contributed by atoms with E-state index in [1.165, 1.54) is 6.42 Å². The van der Waals surface area contributed by atoms with E-state index in [0.29, 0.717) is 36.2 Å². The Hall–Kier alpha value is -2.35. The number of ketones is 1. The van der Waals surface area contributed by atoms with E-state index in [1.54, 1.807) is 13.2 Å². The lowest BCUT2D eigenvalue weighted by atomic mass is 9.81. The van der Waals surface area contributed by atoms with Crippen LogP contribution in [-0.4, -0.2) is 43.5 Å². The van der Waals surface area contributed by atoms with Gasteiger partial charge in [-0.2, -0.15) is 0 Å². The van der Waals surface area contributed by atoms with Crippen molar-refractivity contribution in [1.29, 1.82) is 0 Å². The highest BCUT2D eigenvalue weighted by Gasteiger charge is 2.39. The number of carbonyl (C=O) groups is 1. The molecule has 0 amide bonds. The van der Waals surface area contributed by atoms with Gasteiger partial charge in [0.15, 0.2) is 5.78 Å². The van der Waals surface area contributed by atoms with Crippen molar-refractivity contribution in [1.82, 2.24) is 4.90 Å². The maximum absolute atomic E-state index is 13.9. The monoisotopic (exact) mass is 645 g/mol. The number of likely N-dealkylation sites (tertiary alicyclic amines) is 1. The average Bonchev–Trinajstić information content (AvgIpc) is 3.39. The molecule has 200 valence electrons. The van der Waals surface area contributed by atoms with Gasteiger partial charge in [-0.15, -0.1) is 0 Å². The van der Waals surface area contributed by atoms with Crippen LogP contribution in [0.1, 0.15) is 53.8 Å². The van der Waals surface area contributed by atoms with Gasteiger partial charge >= 0.3 is 0 Å². The van der Waals surface area contributed by atoms with Crippen molar-refractivity contribution >= 4 is 34.3 Å². The van der Waals surface area contributed by atoms with Crippen LogP contribution in [0.25, 0.3) is 0 Å². The van der Waals surface area contributed by atoms with Gasteiger partial charge in [-0.3, -0.25) is 9.69 Å². The van der Waals surface area contributed by atoms with Crippen molar-refractivity contribution in [2.75, 3.05) is 26.8 Å². The summed E-state index contributed by atoms with van der Waals surface area (Å²) in [6.45, 7) is 7.78. The molecule has 0 aromatic heterocycles. The molecular weight excluding hydrogens is 612 g/mol. The highest BCUT2D eigenvalue weighted by atomic mass is 127. The largest absolute Gasteiger partial charge is 0.497 e. The van der Waals surface area contributed by atoms with Crippen molar-refractivity contribution in [3.05, 3.63) is 83.4 Å². The molecule has 0 radical (unpaired) electrons. The van der Waals surface area contributed by atoms with E-state index in [1.807, 2.05) is 60.7 Å². The molecule has 0 bridgehead atoms. The summed E-state index contributed by atoms with van der Waals surface area (Å²) in [4.78, 5) is 16.4. The van der Waals surface area contributed by atoms with Crippen LogP contribution in [0.5, 0.6) is 23.0 Å². The molecule has 0 N–H and O–H groups in total. The molecule has 2 heterocycles. The van der Waals surface area contributed by atoms with Crippen molar-refractivity contribution in [2.24, 2.45) is 5.92 Å². The summed E-state index contributed by atoms with van der Waals surface area (Å²) in [6.07, 6.45) is 0.783. The molecule has 0 saturated carbocycles. The highest BCUT2D eigenvalue weighted by molar-refractivity contribution is 14.2. The van der Waals surface area contributed by atoms with Crippen LogP contribution >= 0.6 is 28.5 Å².